The molecule has 0 atom stereocenters. The standard InChI is InChI=1S/C21H22ClNO.ClH/c1-2-11-23-12-9-15(10-13-23)21-17-5-3-4-6-19(17)24-20-8-7-16(22)14-18(20)21;/h3-8,14H,2,9-13H2,1H3;1H. The van der Waals surface area contributed by atoms with Gasteiger partial charge in [-0.2, -0.15) is 0 Å². The summed E-state index contributed by atoms with van der Waals surface area (Å²) in [4.78, 5) is 2.56. The van der Waals surface area contributed by atoms with E-state index in [9.17, 15) is 0 Å². The normalized spacial score (nSPS) is 16.6. The third kappa shape index (κ3) is 3.57. The minimum absolute atomic E-state index is 0. The number of fused-ring (bicyclic) bond motifs is 2. The van der Waals surface area contributed by atoms with Gasteiger partial charge in [-0.25, -0.2) is 0 Å². The van der Waals surface area contributed by atoms with Crippen molar-refractivity contribution in [2.75, 3.05) is 19.6 Å². The first-order valence-electron chi connectivity index (χ1n) is 8.78. The van der Waals surface area contributed by atoms with Crippen LogP contribution in [0.2, 0.25) is 5.02 Å². The molecular weight excluding hydrogens is 353 g/mol. The van der Waals surface area contributed by atoms with Crippen LogP contribution in [-0.2, 0) is 0 Å². The van der Waals surface area contributed by atoms with Crippen molar-refractivity contribution in [2.24, 2.45) is 0 Å². The van der Waals surface area contributed by atoms with Crippen LogP contribution in [0.4, 0.5) is 0 Å². The molecule has 132 valence electrons. The van der Waals surface area contributed by atoms with Crippen LogP contribution in [0, 0.1) is 0 Å². The molecule has 2 aromatic rings. The summed E-state index contributed by atoms with van der Waals surface area (Å²) in [6, 6.07) is 14.3. The van der Waals surface area contributed by atoms with Gasteiger partial charge in [-0.05, 0) is 55.6 Å². The van der Waals surface area contributed by atoms with Gasteiger partial charge in [0.1, 0.15) is 11.5 Å². The molecule has 0 saturated carbocycles. The van der Waals surface area contributed by atoms with Crippen molar-refractivity contribution < 1.29 is 4.74 Å². The summed E-state index contributed by atoms with van der Waals surface area (Å²) in [6.45, 7) is 5.74. The lowest BCUT2D eigenvalue weighted by molar-refractivity contribution is 0.257. The maximum atomic E-state index is 6.29. The summed E-state index contributed by atoms with van der Waals surface area (Å²) in [5, 5.41) is 0.762. The van der Waals surface area contributed by atoms with Crippen molar-refractivity contribution in [2.45, 2.75) is 26.2 Å². The lowest BCUT2D eigenvalue weighted by Crippen LogP contribution is -2.31. The molecule has 2 heterocycles. The third-order valence-electron chi connectivity index (χ3n) is 4.94. The van der Waals surface area contributed by atoms with E-state index in [0.717, 1.165) is 48.0 Å². The summed E-state index contributed by atoms with van der Waals surface area (Å²) in [5.41, 5.74) is 5.21. The Bertz CT molecular complexity index is 790. The molecule has 25 heavy (non-hydrogen) atoms. The van der Waals surface area contributed by atoms with Gasteiger partial charge in [0.2, 0.25) is 0 Å². The topological polar surface area (TPSA) is 12.5 Å². The molecule has 2 aliphatic heterocycles. The van der Waals surface area contributed by atoms with Gasteiger partial charge in [-0.15, -0.1) is 12.4 Å². The summed E-state index contributed by atoms with van der Waals surface area (Å²) < 4.78 is 6.11. The van der Waals surface area contributed by atoms with E-state index in [0.29, 0.717) is 0 Å². The van der Waals surface area contributed by atoms with Gasteiger partial charge in [0.15, 0.2) is 0 Å². The number of ether oxygens (including phenoxy) is 1. The molecule has 0 unspecified atom stereocenters. The van der Waals surface area contributed by atoms with Crippen molar-refractivity contribution >= 4 is 29.6 Å². The highest BCUT2D eigenvalue weighted by Crippen LogP contribution is 2.47. The Morgan fingerprint density at radius 1 is 1.00 bits per heavy atom. The second kappa shape index (κ2) is 7.82. The quantitative estimate of drug-likeness (QED) is 0.530. The molecule has 0 aromatic heterocycles. The number of piperidine rings is 1. The molecule has 2 nitrogen and oxygen atoms in total. The molecule has 0 radical (unpaired) electrons. The maximum absolute atomic E-state index is 6.29. The predicted octanol–water partition coefficient (Wildman–Crippen LogP) is 6.18. The largest absolute Gasteiger partial charge is 0.456 e. The van der Waals surface area contributed by atoms with Crippen LogP contribution >= 0.6 is 24.0 Å². The lowest BCUT2D eigenvalue weighted by atomic mass is 9.86. The summed E-state index contributed by atoms with van der Waals surface area (Å²) in [7, 11) is 0. The fourth-order valence-corrected chi connectivity index (χ4v) is 3.98. The highest BCUT2D eigenvalue weighted by molar-refractivity contribution is 6.30. The van der Waals surface area contributed by atoms with Crippen LogP contribution in [0.5, 0.6) is 11.5 Å². The van der Waals surface area contributed by atoms with Crippen LogP contribution < -0.4 is 4.74 Å². The molecular formula is C21H23Cl2NO. The highest BCUT2D eigenvalue weighted by atomic mass is 35.5. The lowest BCUT2D eigenvalue weighted by Gasteiger charge is -2.32. The predicted molar refractivity (Wildman–Crippen MR) is 107 cm³/mol. The van der Waals surface area contributed by atoms with Crippen molar-refractivity contribution in [3.8, 4) is 11.5 Å². The molecule has 4 heteroatoms. The van der Waals surface area contributed by atoms with Crippen molar-refractivity contribution in [1.29, 1.82) is 0 Å². The van der Waals surface area contributed by atoms with E-state index in [1.54, 1.807) is 0 Å². The van der Waals surface area contributed by atoms with Crippen LogP contribution in [-0.4, -0.2) is 24.5 Å². The molecule has 0 bridgehead atoms. The van der Waals surface area contributed by atoms with Crippen LogP contribution in [0.1, 0.15) is 37.3 Å². The fraction of sp³-hybridized carbons (Fsp3) is 0.333. The van der Waals surface area contributed by atoms with Gasteiger partial charge in [-0.3, -0.25) is 0 Å². The third-order valence-corrected chi connectivity index (χ3v) is 5.18. The van der Waals surface area contributed by atoms with Crippen molar-refractivity contribution in [3.05, 3.63) is 64.2 Å². The molecule has 1 fully saturated rings. The van der Waals surface area contributed by atoms with Gasteiger partial charge in [-0.1, -0.05) is 42.3 Å². The Labute approximate surface area is 160 Å². The molecule has 0 aliphatic carbocycles. The van der Waals surface area contributed by atoms with Gasteiger partial charge in [0.25, 0.3) is 0 Å². The van der Waals surface area contributed by atoms with E-state index < -0.39 is 0 Å². The van der Waals surface area contributed by atoms with E-state index in [-0.39, 0.29) is 12.4 Å². The first-order valence-corrected chi connectivity index (χ1v) is 9.15. The maximum Gasteiger partial charge on any atom is 0.135 e. The van der Waals surface area contributed by atoms with E-state index in [1.807, 2.05) is 24.3 Å². The van der Waals surface area contributed by atoms with Crippen LogP contribution in [0.15, 0.2) is 48.0 Å². The van der Waals surface area contributed by atoms with E-state index in [1.165, 1.54) is 29.7 Å². The molecule has 4 rings (SSSR count). The number of hydrogen-bond donors (Lipinski definition) is 0. The molecule has 0 spiro atoms. The molecule has 0 amide bonds. The Morgan fingerprint density at radius 3 is 2.48 bits per heavy atom. The summed E-state index contributed by atoms with van der Waals surface area (Å²) >= 11 is 6.29. The molecule has 2 aromatic carbocycles. The minimum atomic E-state index is 0. The zero-order chi connectivity index (χ0) is 16.5. The van der Waals surface area contributed by atoms with Crippen molar-refractivity contribution in [3.63, 3.8) is 0 Å². The Hall–Kier alpha value is -1.48. The Morgan fingerprint density at radius 2 is 1.72 bits per heavy atom. The monoisotopic (exact) mass is 375 g/mol. The van der Waals surface area contributed by atoms with Gasteiger partial charge < -0.3 is 9.64 Å². The zero-order valence-electron chi connectivity index (χ0n) is 14.4. The zero-order valence-corrected chi connectivity index (χ0v) is 16.0. The first-order chi connectivity index (χ1) is 11.8. The second-order valence-electron chi connectivity index (χ2n) is 6.56. The van der Waals surface area contributed by atoms with Crippen molar-refractivity contribution in [1.82, 2.24) is 4.90 Å². The number of hydrogen-bond acceptors (Lipinski definition) is 2. The summed E-state index contributed by atoms with van der Waals surface area (Å²) in [5.74, 6) is 1.86. The van der Waals surface area contributed by atoms with Crippen LogP contribution in [0.25, 0.3) is 5.57 Å². The van der Waals surface area contributed by atoms with E-state index in [4.69, 9.17) is 16.3 Å². The number of rotatable bonds is 2. The average molecular weight is 376 g/mol. The number of halogens is 2. The fourth-order valence-electron chi connectivity index (χ4n) is 3.81. The van der Waals surface area contributed by atoms with Crippen LogP contribution in [0.3, 0.4) is 0 Å². The highest BCUT2D eigenvalue weighted by Gasteiger charge is 2.26. The first kappa shape index (κ1) is 18.3. The Balaban J connectivity index is 0.00000182. The van der Waals surface area contributed by atoms with Gasteiger partial charge in [0, 0.05) is 29.2 Å². The minimum Gasteiger partial charge on any atom is -0.456 e. The SMILES string of the molecule is CCCN1CCC(=C2c3ccccc3Oc3ccc(Cl)cc32)CC1.Cl. The van der Waals surface area contributed by atoms with Gasteiger partial charge in [0.05, 0.1) is 0 Å². The second-order valence-corrected chi connectivity index (χ2v) is 7.00. The number of benzene rings is 2. The number of para-hydroxylation sites is 1. The molecule has 1 saturated heterocycles. The van der Waals surface area contributed by atoms with E-state index >= 15 is 0 Å². The molecule has 0 N–H and O–H groups in total. The summed E-state index contributed by atoms with van der Waals surface area (Å²) in [6.07, 6.45) is 3.46. The number of likely N-dealkylation sites (tertiary alicyclic amines) is 1. The molecule has 2 aliphatic rings. The Kier molecular flexibility index (Phi) is 5.73. The van der Waals surface area contributed by atoms with Gasteiger partial charge >= 0.3 is 0 Å². The smallest absolute Gasteiger partial charge is 0.135 e. The average Bonchev–Trinajstić information content (AvgIpc) is 2.61. The van der Waals surface area contributed by atoms with E-state index in [2.05, 4.69) is 30.0 Å². The number of nitrogens with zero attached hydrogens (tertiary/aromatic N) is 1.